The van der Waals surface area contributed by atoms with E-state index in [1.165, 1.54) is 11.8 Å². The quantitative estimate of drug-likeness (QED) is 0.539. The van der Waals surface area contributed by atoms with Gasteiger partial charge in [0, 0.05) is 13.0 Å². The summed E-state index contributed by atoms with van der Waals surface area (Å²) in [5.74, 6) is 1.93. The van der Waals surface area contributed by atoms with Gasteiger partial charge >= 0.3 is 0 Å². The highest BCUT2D eigenvalue weighted by atomic mass is 32.2. The maximum absolute atomic E-state index is 5.06. The molecule has 0 aliphatic carbocycles. The van der Waals surface area contributed by atoms with Crippen LogP contribution in [0.3, 0.4) is 0 Å². The van der Waals surface area contributed by atoms with Gasteiger partial charge in [-0.05, 0) is 23.4 Å². The van der Waals surface area contributed by atoms with Crippen molar-refractivity contribution in [2.75, 3.05) is 13.1 Å². The van der Waals surface area contributed by atoms with Crippen LogP contribution in [0, 0.1) is 0 Å². The minimum atomic E-state index is 0.603. The second-order valence-corrected chi connectivity index (χ2v) is 5.12. The topological polar surface area (TPSA) is 94.6 Å². The molecule has 2 aromatic rings. The number of hydrogen-bond acceptors (Lipinski definition) is 8. The van der Waals surface area contributed by atoms with Crippen molar-refractivity contribution in [2.45, 2.75) is 44.1 Å². The molecule has 2 rings (SSSR count). The van der Waals surface area contributed by atoms with E-state index in [1.807, 2.05) is 6.92 Å². The molecule has 0 unspecified atom stereocenters. The zero-order chi connectivity index (χ0) is 14.2. The molecular weight excluding hydrogens is 278 g/mol. The first-order valence-corrected chi connectivity index (χ1v) is 7.73. The fourth-order valence-corrected chi connectivity index (χ4v) is 2.29. The molecule has 20 heavy (non-hydrogen) atoms. The zero-order valence-corrected chi connectivity index (χ0v) is 12.6. The van der Waals surface area contributed by atoms with Crippen molar-refractivity contribution >= 4 is 11.8 Å². The molecule has 0 aromatic carbocycles. The van der Waals surface area contributed by atoms with Crippen LogP contribution in [0.5, 0.6) is 0 Å². The Hall–Kier alpha value is -1.48. The molecule has 110 valence electrons. The van der Waals surface area contributed by atoms with Crippen molar-refractivity contribution in [2.24, 2.45) is 0 Å². The van der Waals surface area contributed by atoms with E-state index in [0.29, 0.717) is 17.5 Å². The van der Waals surface area contributed by atoms with Gasteiger partial charge in [-0.2, -0.15) is 4.98 Å². The minimum absolute atomic E-state index is 0.603. The third kappa shape index (κ3) is 4.27. The van der Waals surface area contributed by atoms with E-state index in [4.69, 9.17) is 4.52 Å². The highest BCUT2D eigenvalue weighted by Crippen LogP contribution is 2.18. The van der Waals surface area contributed by atoms with Crippen LogP contribution in [0.2, 0.25) is 0 Å². The molecule has 9 heteroatoms. The Kier molecular flexibility index (Phi) is 5.93. The second kappa shape index (κ2) is 7.95. The molecule has 0 radical (unpaired) electrons. The molecule has 0 spiro atoms. The van der Waals surface area contributed by atoms with E-state index in [0.717, 1.165) is 37.6 Å². The zero-order valence-electron chi connectivity index (χ0n) is 11.7. The fraction of sp³-hybridized carbons (Fsp3) is 0.727. The summed E-state index contributed by atoms with van der Waals surface area (Å²) in [7, 11) is 0. The minimum Gasteiger partial charge on any atom is -0.339 e. The normalized spacial score (nSPS) is 11.1. The predicted molar refractivity (Wildman–Crippen MR) is 74.2 cm³/mol. The van der Waals surface area contributed by atoms with Gasteiger partial charge in [-0.15, -0.1) is 5.10 Å². The van der Waals surface area contributed by atoms with Crippen LogP contribution < -0.4 is 5.32 Å². The molecule has 0 fully saturated rings. The van der Waals surface area contributed by atoms with Crippen molar-refractivity contribution in [1.29, 1.82) is 0 Å². The summed E-state index contributed by atoms with van der Waals surface area (Å²) in [5.41, 5.74) is 0. The Balaban J connectivity index is 1.82. The molecule has 0 amide bonds. The van der Waals surface area contributed by atoms with Gasteiger partial charge in [-0.25, -0.2) is 4.68 Å². The SMILES string of the molecule is CCCNCCn1nnnc1SCc1noc(CC)n1. The predicted octanol–water partition coefficient (Wildman–Crippen LogP) is 0.910. The highest BCUT2D eigenvalue weighted by molar-refractivity contribution is 7.98. The molecule has 0 aliphatic heterocycles. The van der Waals surface area contributed by atoms with Crippen LogP contribution in [0.1, 0.15) is 32.0 Å². The van der Waals surface area contributed by atoms with Gasteiger partial charge in [0.25, 0.3) is 0 Å². The molecule has 8 nitrogen and oxygen atoms in total. The third-order valence-electron chi connectivity index (χ3n) is 2.57. The lowest BCUT2D eigenvalue weighted by atomic mass is 10.5. The first-order valence-electron chi connectivity index (χ1n) is 6.74. The molecule has 0 aliphatic rings. The molecular formula is C11H19N7OS. The van der Waals surface area contributed by atoms with Crippen molar-refractivity contribution in [3.63, 3.8) is 0 Å². The Morgan fingerprint density at radius 3 is 2.95 bits per heavy atom. The van der Waals surface area contributed by atoms with Crippen LogP contribution in [-0.2, 0) is 18.7 Å². The standard InChI is InChI=1S/C11H19N7OS/c1-3-5-12-6-7-18-11(14-16-17-18)20-8-9-13-10(4-2)19-15-9/h12H,3-8H2,1-2H3. The van der Waals surface area contributed by atoms with Crippen molar-refractivity contribution in [1.82, 2.24) is 35.7 Å². The maximum atomic E-state index is 5.06. The number of thioether (sulfide) groups is 1. The van der Waals surface area contributed by atoms with Gasteiger partial charge in [-0.1, -0.05) is 30.8 Å². The highest BCUT2D eigenvalue weighted by Gasteiger charge is 2.10. The van der Waals surface area contributed by atoms with E-state index in [9.17, 15) is 0 Å². The summed E-state index contributed by atoms with van der Waals surface area (Å²) in [4.78, 5) is 4.26. The Bertz CT molecular complexity index is 512. The molecule has 0 bridgehead atoms. The lowest BCUT2D eigenvalue weighted by molar-refractivity contribution is 0.378. The summed E-state index contributed by atoms with van der Waals surface area (Å²) in [6.45, 7) is 6.73. The number of tetrazole rings is 1. The summed E-state index contributed by atoms with van der Waals surface area (Å²) in [5, 5.41) is 19.7. The second-order valence-electron chi connectivity index (χ2n) is 4.18. The first kappa shape index (κ1) is 14.9. The summed E-state index contributed by atoms with van der Waals surface area (Å²) >= 11 is 1.51. The smallest absolute Gasteiger partial charge is 0.226 e. The van der Waals surface area contributed by atoms with Crippen LogP contribution in [-0.4, -0.2) is 43.4 Å². The van der Waals surface area contributed by atoms with Gasteiger partial charge in [0.2, 0.25) is 11.0 Å². The largest absolute Gasteiger partial charge is 0.339 e. The molecule has 2 aromatic heterocycles. The monoisotopic (exact) mass is 297 g/mol. The van der Waals surface area contributed by atoms with Gasteiger partial charge in [0.1, 0.15) is 0 Å². The van der Waals surface area contributed by atoms with Gasteiger partial charge in [0.05, 0.1) is 12.3 Å². The van der Waals surface area contributed by atoms with Crippen molar-refractivity contribution < 1.29 is 4.52 Å². The van der Waals surface area contributed by atoms with Crippen LogP contribution in [0.15, 0.2) is 9.68 Å². The molecule has 0 atom stereocenters. The van der Waals surface area contributed by atoms with E-state index in [2.05, 4.69) is 37.9 Å². The average Bonchev–Trinajstić information content (AvgIpc) is 3.10. The summed E-state index contributed by atoms with van der Waals surface area (Å²) < 4.78 is 6.85. The molecule has 1 N–H and O–H groups in total. The van der Waals surface area contributed by atoms with Crippen LogP contribution >= 0.6 is 11.8 Å². The van der Waals surface area contributed by atoms with E-state index in [1.54, 1.807) is 4.68 Å². The molecule has 0 saturated heterocycles. The Labute approximate surface area is 121 Å². The Morgan fingerprint density at radius 2 is 2.20 bits per heavy atom. The van der Waals surface area contributed by atoms with E-state index in [-0.39, 0.29) is 0 Å². The van der Waals surface area contributed by atoms with Crippen molar-refractivity contribution in [3.05, 3.63) is 11.7 Å². The lowest BCUT2D eigenvalue weighted by Crippen LogP contribution is -2.21. The summed E-state index contributed by atoms with van der Waals surface area (Å²) in [6, 6.07) is 0. The molecule has 0 saturated carbocycles. The van der Waals surface area contributed by atoms with Gasteiger partial charge in [-0.3, -0.25) is 0 Å². The Morgan fingerprint density at radius 1 is 1.30 bits per heavy atom. The van der Waals surface area contributed by atoms with Crippen LogP contribution in [0.25, 0.3) is 0 Å². The fourth-order valence-electron chi connectivity index (χ4n) is 1.55. The van der Waals surface area contributed by atoms with Crippen molar-refractivity contribution in [3.8, 4) is 0 Å². The maximum Gasteiger partial charge on any atom is 0.226 e. The van der Waals surface area contributed by atoms with E-state index >= 15 is 0 Å². The number of nitrogens with one attached hydrogen (secondary N) is 1. The lowest BCUT2D eigenvalue weighted by Gasteiger charge is -2.04. The molecule has 2 heterocycles. The number of aryl methyl sites for hydroxylation is 1. The number of rotatable bonds is 9. The van der Waals surface area contributed by atoms with Gasteiger partial charge < -0.3 is 9.84 Å². The third-order valence-corrected chi connectivity index (χ3v) is 3.52. The summed E-state index contributed by atoms with van der Waals surface area (Å²) in [6.07, 6.45) is 1.87. The van der Waals surface area contributed by atoms with E-state index < -0.39 is 0 Å². The number of hydrogen-bond donors (Lipinski definition) is 1. The number of aromatic nitrogens is 6. The van der Waals surface area contributed by atoms with Gasteiger partial charge in [0.15, 0.2) is 5.82 Å². The number of nitrogens with zero attached hydrogens (tertiary/aromatic N) is 6. The average molecular weight is 297 g/mol. The van der Waals surface area contributed by atoms with Crippen LogP contribution in [0.4, 0.5) is 0 Å². The first-order chi connectivity index (χ1) is 9.83.